The summed E-state index contributed by atoms with van der Waals surface area (Å²) in [6.45, 7) is 2.56. The monoisotopic (exact) mass is 299 g/mol. The topological polar surface area (TPSA) is 66.9 Å². The van der Waals surface area contributed by atoms with Gasteiger partial charge in [-0.05, 0) is 19.1 Å². The summed E-state index contributed by atoms with van der Waals surface area (Å²) in [5, 5.41) is 9.24. The number of fused-ring (bicyclic) bond motifs is 1. The Kier molecular flexibility index (Phi) is 3.10. The molecule has 3 aromatic heterocycles. The molecule has 3 heterocycles. The zero-order valence-corrected chi connectivity index (χ0v) is 11.9. The van der Waals surface area contributed by atoms with E-state index >= 15 is 0 Å². The minimum atomic E-state index is -3.12. The molecule has 0 bridgehead atoms. The maximum Gasteiger partial charge on any atom is 0.303 e. The number of pyridine rings is 1. The number of hydrogen-bond acceptors (Lipinski definition) is 4. The lowest BCUT2D eigenvalue weighted by molar-refractivity contribution is 0.00779. The lowest BCUT2D eigenvalue weighted by Crippen LogP contribution is -2.12. The predicted molar refractivity (Wildman–Crippen MR) is 75.2 cm³/mol. The van der Waals surface area contributed by atoms with Crippen molar-refractivity contribution < 1.29 is 8.78 Å². The number of nitriles is 1. The van der Waals surface area contributed by atoms with Crippen LogP contribution in [0.3, 0.4) is 0 Å². The van der Waals surface area contributed by atoms with E-state index in [9.17, 15) is 14.0 Å². The van der Waals surface area contributed by atoms with E-state index in [-0.39, 0.29) is 0 Å². The molecule has 5 nitrogen and oxygen atoms in total. The first-order valence-electron chi connectivity index (χ1n) is 6.49. The van der Waals surface area contributed by atoms with Crippen LogP contribution < -0.4 is 0 Å². The third kappa shape index (κ3) is 2.39. The highest BCUT2D eigenvalue weighted by atomic mass is 19.3. The molecule has 7 heteroatoms. The van der Waals surface area contributed by atoms with Crippen molar-refractivity contribution in [3.05, 3.63) is 47.8 Å². The predicted octanol–water partition coefficient (Wildman–Crippen LogP) is 3.08. The maximum absolute atomic E-state index is 13.4. The van der Waals surface area contributed by atoms with Gasteiger partial charge in [-0.25, -0.2) is 15.0 Å². The normalized spacial score (nSPS) is 11.6. The molecular weight excluding hydrogens is 288 g/mol. The molecule has 0 saturated carbocycles. The van der Waals surface area contributed by atoms with Crippen LogP contribution in [0.4, 0.5) is 8.78 Å². The van der Waals surface area contributed by atoms with Crippen LogP contribution in [0.25, 0.3) is 16.9 Å². The molecule has 0 unspecified atom stereocenters. The molecule has 0 aliphatic heterocycles. The summed E-state index contributed by atoms with van der Waals surface area (Å²) in [6, 6.07) is 5.18. The molecule has 0 aliphatic rings. The molecule has 0 aliphatic carbocycles. The summed E-state index contributed by atoms with van der Waals surface area (Å²) >= 11 is 0. The van der Waals surface area contributed by atoms with Crippen molar-refractivity contribution in [1.82, 2.24) is 19.4 Å². The van der Waals surface area contributed by atoms with E-state index in [0.29, 0.717) is 22.5 Å². The van der Waals surface area contributed by atoms with Crippen molar-refractivity contribution in [1.29, 1.82) is 5.26 Å². The fourth-order valence-electron chi connectivity index (χ4n) is 2.17. The molecule has 110 valence electrons. The quantitative estimate of drug-likeness (QED) is 0.729. The Balaban J connectivity index is 2.21. The van der Waals surface area contributed by atoms with Gasteiger partial charge in [0.2, 0.25) is 0 Å². The van der Waals surface area contributed by atoms with Crippen LogP contribution in [-0.4, -0.2) is 19.4 Å². The van der Waals surface area contributed by atoms with Gasteiger partial charge in [0.25, 0.3) is 0 Å². The SMILES string of the molecule is Cc1cn2cc(-c3ccnc(C(C)(F)F)n3)cc(C#N)c2n1. The van der Waals surface area contributed by atoms with Crippen molar-refractivity contribution in [2.75, 3.05) is 0 Å². The van der Waals surface area contributed by atoms with Gasteiger partial charge in [0.15, 0.2) is 11.5 Å². The Hall–Kier alpha value is -2.88. The number of aromatic nitrogens is 4. The molecule has 22 heavy (non-hydrogen) atoms. The van der Waals surface area contributed by atoms with Crippen LogP contribution in [-0.2, 0) is 5.92 Å². The van der Waals surface area contributed by atoms with Gasteiger partial charge in [0.05, 0.1) is 17.0 Å². The van der Waals surface area contributed by atoms with Gasteiger partial charge in [-0.2, -0.15) is 14.0 Å². The second kappa shape index (κ2) is 4.84. The molecule has 0 fully saturated rings. The van der Waals surface area contributed by atoms with E-state index in [1.807, 2.05) is 6.92 Å². The molecule has 3 rings (SSSR count). The van der Waals surface area contributed by atoms with Crippen molar-refractivity contribution >= 4 is 5.65 Å². The Morgan fingerprint density at radius 2 is 2.05 bits per heavy atom. The summed E-state index contributed by atoms with van der Waals surface area (Å²) in [7, 11) is 0. The molecule has 0 atom stereocenters. The molecule has 0 N–H and O–H groups in total. The largest absolute Gasteiger partial charge is 0.305 e. The van der Waals surface area contributed by atoms with E-state index in [0.717, 1.165) is 12.6 Å². The molecular formula is C15H11F2N5. The highest BCUT2D eigenvalue weighted by Crippen LogP contribution is 2.26. The molecule has 0 saturated heterocycles. The summed E-state index contributed by atoms with van der Waals surface area (Å²) in [5.74, 6) is -3.67. The first-order chi connectivity index (χ1) is 10.4. The Morgan fingerprint density at radius 3 is 2.73 bits per heavy atom. The van der Waals surface area contributed by atoms with Crippen molar-refractivity contribution in [2.24, 2.45) is 0 Å². The lowest BCUT2D eigenvalue weighted by atomic mass is 10.1. The Bertz CT molecular complexity index is 902. The van der Waals surface area contributed by atoms with Gasteiger partial charge in [0.1, 0.15) is 6.07 Å². The third-order valence-electron chi connectivity index (χ3n) is 3.14. The van der Waals surface area contributed by atoms with E-state index in [1.165, 1.54) is 12.3 Å². The Morgan fingerprint density at radius 1 is 1.27 bits per heavy atom. The fourth-order valence-corrected chi connectivity index (χ4v) is 2.17. The van der Waals surface area contributed by atoms with Crippen LogP contribution in [0, 0.1) is 18.3 Å². The molecule has 0 aromatic carbocycles. The summed E-state index contributed by atoms with van der Waals surface area (Å²) in [5.41, 5.74) is 2.52. The van der Waals surface area contributed by atoms with Gasteiger partial charge in [-0.15, -0.1) is 0 Å². The van der Waals surface area contributed by atoms with Gasteiger partial charge < -0.3 is 4.40 Å². The number of alkyl halides is 2. The highest BCUT2D eigenvalue weighted by molar-refractivity contribution is 5.67. The maximum atomic E-state index is 13.4. The van der Waals surface area contributed by atoms with E-state index in [2.05, 4.69) is 21.0 Å². The lowest BCUT2D eigenvalue weighted by Gasteiger charge is -2.10. The van der Waals surface area contributed by atoms with Crippen LogP contribution in [0.5, 0.6) is 0 Å². The summed E-state index contributed by atoms with van der Waals surface area (Å²) in [4.78, 5) is 11.8. The number of imidazole rings is 1. The minimum absolute atomic E-state index is 0.330. The van der Waals surface area contributed by atoms with E-state index in [4.69, 9.17) is 0 Å². The van der Waals surface area contributed by atoms with Crippen LogP contribution in [0.15, 0.2) is 30.7 Å². The van der Waals surface area contributed by atoms with Crippen molar-refractivity contribution in [2.45, 2.75) is 19.8 Å². The highest BCUT2D eigenvalue weighted by Gasteiger charge is 2.28. The van der Waals surface area contributed by atoms with E-state index in [1.54, 1.807) is 22.9 Å². The standard InChI is InChI=1S/C15H11F2N5/c1-9-7-22-8-11(5-10(6-18)13(22)20-9)12-3-4-19-14(21-12)15(2,16)17/h3-5,7-8H,1-2H3. The number of hydrogen-bond donors (Lipinski definition) is 0. The van der Waals surface area contributed by atoms with E-state index < -0.39 is 11.7 Å². The van der Waals surface area contributed by atoms with Gasteiger partial charge in [-0.3, -0.25) is 0 Å². The van der Waals surface area contributed by atoms with Crippen LogP contribution in [0.2, 0.25) is 0 Å². The zero-order chi connectivity index (χ0) is 15.9. The summed E-state index contributed by atoms with van der Waals surface area (Å²) < 4.78 is 28.4. The third-order valence-corrected chi connectivity index (χ3v) is 3.14. The second-order valence-electron chi connectivity index (χ2n) is 5.02. The smallest absolute Gasteiger partial charge is 0.303 e. The summed E-state index contributed by atoms with van der Waals surface area (Å²) in [6.07, 6.45) is 4.75. The van der Waals surface area contributed by atoms with Crippen molar-refractivity contribution in [3.8, 4) is 17.3 Å². The van der Waals surface area contributed by atoms with Crippen molar-refractivity contribution in [3.63, 3.8) is 0 Å². The van der Waals surface area contributed by atoms with Gasteiger partial charge in [0, 0.05) is 31.1 Å². The number of nitrogens with zero attached hydrogens (tertiary/aromatic N) is 5. The molecule has 0 radical (unpaired) electrons. The first kappa shape index (κ1) is 14.1. The average Bonchev–Trinajstić information content (AvgIpc) is 2.85. The van der Waals surface area contributed by atoms with Gasteiger partial charge >= 0.3 is 5.92 Å². The molecule has 0 amide bonds. The van der Waals surface area contributed by atoms with Gasteiger partial charge in [-0.1, -0.05) is 0 Å². The second-order valence-corrected chi connectivity index (χ2v) is 5.02. The van der Waals surface area contributed by atoms with Crippen LogP contribution >= 0.6 is 0 Å². The molecule has 0 spiro atoms. The minimum Gasteiger partial charge on any atom is -0.305 e. The Labute approximate surface area is 124 Å². The zero-order valence-electron chi connectivity index (χ0n) is 11.9. The van der Waals surface area contributed by atoms with Crippen LogP contribution in [0.1, 0.15) is 24.0 Å². The number of halogens is 2. The fraction of sp³-hybridized carbons (Fsp3) is 0.200. The number of rotatable bonds is 2. The first-order valence-corrected chi connectivity index (χ1v) is 6.49. The molecule has 3 aromatic rings. The average molecular weight is 299 g/mol. The number of aryl methyl sites for hydroxylation is 1.